The first-order chi connectivity index (χ1) is 6.66. The Bertz CT molecular complexity index is 438. The standard InChI is InChI=1S/C7H9N5S2/c8-4-3-5(10-6(9)13)11-7-12(4)1-2-14-7/h3,8H,1-2H2,(H3,9,10,13). The second kappa shape index (κ2) is 3.58. The Morgan fingerprint density at radius 1 is 1.79 bits per heavy atom. The van der Waals surface area contributed by atoms with Crippen LogP contribution in [0.3, 0.4) is 0 Å². The zero-order valence-electron chi connectivity index (χ0n) is 7.28. The molecule has 7 heteroatoms. The molecule has 0 saturated carbocycles. The van der Waals surface area contributed by atoms with Gasteiger partial charge in [0.25, 0.3) is 0 Å². The Labute approximate surface area is 90.2 Å². The van der Waals surface area contributed by atoms with Crippen LogP contribution < -0.4 is 16.5 Å². The van der Waals surface area contributed by atoms with E-state index in [1.165, 1.54) is 0 Å². The van der Waals surface area contributed by atoms with Gasteiger partial charge >= 0.3 is 0 Å². The van der Waals surface area contributed by atoms with E-state index in [1.54, 1.807) is 17.8 Å². The number of nitrogens with two attached hydrogens (primary N) is 1. The summed E-state index contributed by atoms with van der Waals surface area (Å²) in [5.74, 6) is 1.51. The first kappa shape index (κ1) is 9.47. The summed E-state index contributed by atoms with van der Waals surface area (Å²) >= 11 is 6.33. The Morgan fingerprint density at radius 3 is 3.29 bits per heavy atom. The van der Waals surface area contributed by atoms with Gasteiger partial charge in [0.05, 0.1) is 0 Å². The van der Waals surface area contributed by atoms with Crippen LogP contribution in [0.4, 0.5) is 5.82 Å². The Morgan fingerprint density at radius 2 is 2.57 bits per heavy atom. The van der Waals surface area contributed by atoms with Gasteiger partial charge in [-0.1, -0.05) is 11.8 Å². The fourth-order valence-corrected chi connectivity index (χ4v) is 2.32. The van der Waals surface area contributed by atoms with Crippen LogP contribution in [0.2, 0.25) is 0 Å². The second-order valence-corrected chi connectivity index (χ2v) is 4.30. The van der Waals surface area contributed by atoms with Gasteiger partial charge in [-0.25, -0.2) is 4.98 Å². The highest BCUT2D eigenvalue weighted by molar-refractivity contribution is 7.99. The monoisotopic (exact) mass is 227 g/mol. The zero-order valence-corrected chi connectivity index (χ0v) is 8.91. The van der Waals surface area contributed by atoms with E-state index in [0.717, 1.165) is 17.5 Å². The fourth-order valence-electron chi connectivity index (χ4n) is 1.25. The Kier molecular flexibility index (Phi) is 2.42. The largest absolute Gasteiger partial charge is 0.376 e. The number of fused-ring (bicyclic) bond motifs is 1. The molecule has 0 aliphatic carbocycles. The van der Waals surface area contributed by atoms with Crippen molar-refractivity contribution >= 4 is 34.9 Å². The highest BCUT2D eigenvalue weighted by atomic mass is 32.2. The van der Waals surface area contributed by atoms with Crippen molar-refractivity contribution in [2.24, 2.45) is 5.73 Å². The van der Waals surface area contributed by atoms with Crippen LogP contribution in [-0.2, 0) is 6.54 Å². The maximum atomic E-state index is 7.72. The fraction of sp³-hybridized carbons (Fsp3) is 0.286. The molecule has 1 aromatic rings. The van der Waals surface area contributed by atoms with E-state index in [0.29, 0.717) is 11.3 Å². The average molecular weight is 227 g/mol. The molecule has 4 N–H and O–H groups in total. The van der Waals surface area contributed by atoms with E-state index in [2.05, 4.69) is 10.3 Å². The number of nitrogens with one attached hydrogen (secondary N) is 2. The van der Waals surface area contributed by atoms with Gasteiger partial charge in [0.1, 0.15) is 11.3 Å². The molecular formula is C7H9N5S2. The predicted molar refractivity (Wildman–Crippen MR) is 59.2 cm³/mol. The van der Waals surface area contributed by atoms with Gasteiger partial charge in [0.2, 0.25) is 0 Å². The maximum absolute atomic E-state index is 7.72. The van der Waals surface area contributed by atoms with Gasteiger partial charge in [-0.2, -0.15) is 0 Å². The summed E-state index contributed by atoms with van der Waals surface area (Å²) in [6.07, 6.45) is 0. The summed E-state index contributed by atoms with van der Waals surface area (Å²) in [4.78, 5) is 4.28. The predicted octanol–water partition coefficient (Wildman–Crippen LogP) is 0.124. The van der Waals surface area contributed by atoms with E-state index < -0.39 is 0 Å². The van der Waals surface area contributed by atoms with Crippen molar-refractivity contribution in [3.63, 3.8) is 0 Å². The number of nitrogens with zero attached hydrogens (tertiary/aromatic N) is 2. The van der Waals surface area contributed by atoms with Crippen molar-refractivity contribution in [1.29, 1.82) is 5.41 Å². The third-order valence-corrected chi connectivity index (χ3v) is 2.87. The molecule has 14 heavy (non-hydrogen) atoms. The lowest BCUT2D eigenvalue weighted by atomic mass is 10.5. The summed E-state index contributed by atoms with van der Waals surface area (Å²) in [5.41, 5.74) is 5.75. The summed E-state index contributed by atoms with van der Waals surface area (Å²) in [6.45, 7) is 0.846. The molecule has 0 fully saturated rings. The number of rotatable bonds is 1. The number of hydrogen-bond donors (Lipinski definition) is 3. The molecule has 0 atom stereocenters. The number of aromatic nitrogens is 2. The summed E-state index contributed by atoms with van der Waals surface area (Å²) in [7, 11) is 0. The van der Waals surface area contributed by atoms with Gasteiger partial charge in [0.15, 0.2) is 10.3 Å². The zero-order chi connectivity index (χ0) is 10.1. The highest BCUT2D eigenvalue weighted by Crippen LogP contribution is 2.21. The molecule has 0 radical (unpaired) electrons. The molecule has 0 unspecified atom stereocenters. The van der Waals surface area contributed by atoms with Gasteiger partial charge < -0.3 is 15.6 Å². The minimum atomic E-state index is 0.171. The van der Waals surface area contributed by atoms with E-state index in [1.807, 2.05) is 4.57 Å². The van der Waals surface area contributed by atoms with Crippen molar-refractivity contribution in [3.8, 4) is 0 Å². The molecule has 1 aliphatic heterocycles. The topological polar surface area (TPSA) is 79.7 Å². The molecule has 5 nitrogen and oxygen atoms in total. The third kappa shape index (κ3) is 1.73. The molecular weight excluding hydrogens is 218 g/mol. The summed E-state index contributed by atoms with van der Waals surface area (Å²) in [6, 6.07) is 1.62. The van der Waals surface area contributed by atoms with Crippen LogP contribution in [-0.4, -0.2) is 20.4 Å². The maximum Gasteiger partial charge on any atom is 0.171 e. The van der Waals surface area contributed by atoms with Crippen molar-refractivity contribution in [2.75, 3.05) is 11.1 Å². The van der Waals surface area contributed by atoms with Crippen LogP contribution in [0.5, 0.6) is 0 Å². The van der Waals surface area contributed by atoms with Crippen LogP contribution in [0.15, 0.2) is 11.2 Å². The van der Waals surface area contributed by atoms with Crippen LogP contribution >= 0.6 is 24.0 Å². The lowest BCUT2D eigenvalue weighted by molar-refractivity contribution is 0.638. The number of thiocarbonyl (C=S) groups is 1. The number of thioether (sulfide) groups is 1. The third-order valence-electron chi connectivity index (χ3n) is 1.81. The molecule has 2 heterocycles. The quantitative estimate of drug-likeness (QED) is 0.469. The minimum absolute atomic E-state index is 0.171. The number of anilines is 1. The number of hydrogen-bond acceptors (Lipinski definition) is 4. The first-order valence-electron chi connectivity index (χ1n) is 4.02. The average Bonchev–Trinajstić information content (AvgIpc) is 2.50. The SMILES string of the molecule is N=c1cc(NC(N)=S)nc2n1CCS2. The van der Waals surface area contributed by atoms with Gasteiger partial charge in [0, 0.05) is 18.4 Å². The second-order valence-electron chi connectivity index (χ2n) is 2.80. The summed E-state index contributed by atoms with van der Waals surface area (Å²) in [5, 5.41) is 11.5. The van der Waals surface area contributed by atoms with Crippen molar-refractivity contribution < 1.29 is 0 Å². The highest BCUT2D eigenvalue weighted by Gasteiger charge is 2.13. The van der Waals surface area contributed by atoms with Crippen molar-refractivity contribution in [3.05, 3.63) is 11.6 Å². The van der Waals surface area contributed by atoms with Crippen LogP contribution in [0.25, 0.3) is 0 Å². The van der Waals surface area contributed by atoms with Crippen molar-refractivity contribution in [2.45, 2.75) is 11.7 Å². The van der Waals surface area contributed by atoms with Gasteiger partial charge in [-0.05, 0) is 12.2 Å². The first-order valence-corrected chi connectivity index (χ1v) is 5.42. The van der Waals surface area contributed by atoms with Gasteiger partial charge in [-0.3, -0.25) is 5.41 Å². The molecule has 0 aromatic carbocycles. The van der Waals surface area contributed by atoms with E-state index in [9.17, 15) is 0 Å². The molecule has 0 amide bonds. The van der Waals surface area contributed by atoms with Crippen LogP contribution in [0.1, 0.15) is 0 Å². The van der Waals surface area contributed by atoms with E-state index in [4.69, 9.17) is 23.4 Å². The molecule has 0 spiro atoms. The molecule has 1 aliphatic rings. The Balaban J connectivity index is 2.42. The van der Waals surface area contributed by atoms with Gasteiger partial charge in [-0.15, -0.1) is 0 Å². The lowest BCUT2D eigenvalue weighted by Crippen LogP contribution is -2.24. The molecule has 1 aromatic heterocycles. The molecule has 0 bridgehead atoms. The smallest absolute Gasteiger partial charge is 0.171 e. The normalized spacial score (nSPS) is 13.7. The molecule has 0 saturated heterocycles. The lowest BCUT2D eigenvalue weighted by Gasteiger charge is -2.06. The minimum Gasteiger partial charge on any atom is -0.376 e. The van der Waals surface area contributed by atoms with Crippen molar-refractivity contribution in [1.82, 2.24) is 9.55 Å². The Hall–Kier alpha value is -1.08. The van der Waals surface area contributed by atoms with E-state index in [-0.39, 0.29) is 5.11 Å². The van der Waals surface area contributed by atoms with E-state index >= 15 is 0 Å². The summed E-state index contributed by atoms with van der Waals surface area (Å²) < 4.78 is 1.86. The molecule has 2 rings (SSSR count). The van der Waals surface area contributed by atoms with Crippen LogP contribution in [0, 0.1) is 5.41 Å². The molecule has 74 valence electrons.